The van der Waals surface area contributed by atoms with Crippen molar-refractivity contribution in [1.82, 2.24) is 4.90 Å². The fourth-order valence-electron chi connectivity index (χ4n) is 3.02. The molecule has 0 amide bonds. The topological polar surface area (TPSA) is 23.5 Å². The highest BCUT2D eigenvalue weighted by Gasteiger charge is 2.31. The van der Waals surface area contributed by atoms with Crippen molar-refractivity contribution < 1.29 is 5.11 Å². The van der Waals surface area contributed by atoms with Crippen LogP contribution < -0.4 is 0 Å². The van der Waals surface area contributed by atoms with Crippen molar-refractivity contribution in [2.24, 2.45) is 11.8 Å². The Kier molecular flexibility index (Phi) is 4.26. The van der Waals surface area contributed by atoms with E-state index in [1.807, 2.05) is 0 Å². The van der Waals surface area contributed by atoms with Crippen molar-refractivity contribution in [1.29, 1.82) is 0 Å². The molecule has 0 spiro atoms. The van der Waals surface area contributed by atoms with E-state index in [0.717, 1.165) is 18.4 Å². The lowest BCUT2D eigenvalue weighted by molar-refractivity contribution is 0.114. The molecular formula is C14H27NO. The van der Waals surface area contributed by atoms with Crippen molar-refractivity contribution in [2.45, 2.75) is 64.5 Å². The van der Waals surface area contributed by atoms with Gasteiger partial charge in [-0.3, -0.25) is 0 Å². The zero-order chi connectivity index (χ0) is 11.5. The number of hydrogen-bond acceptors (Lipinski definition) is 2. The van der Waals surface area contributed by atoms with Crippen LogP contribution in [-0.4, -0.2) is 35.2 Å². The zero-order valence-electron chi connectivity index (χ0n) is 10.9. The third-order valence-electron chi connectivity index (χ3n) is 4.07. The minimum Gasteiger partial charge on any atom is -0.393 e. The number of hydrogen-bond donors (Lipinski definition) is 1. The average molecular weight is 225 g/mol. The van der Waals surface area contributed by atoms with Crippen LogP contribution in [0.2, 0.25) is 0 Å². The van der Waals surface area contributed by atoms with Crippen molar-refractivity contribution >= 4 is 0 Å². The Bertz CT molecular complexity index is 213. The van der Waals surface area contributed by atoms with Crippen LogP contribution in [0.4, 0.5) is 0 Å². The molecule has 0 heterocycles. The number of aliphatic hydroxyl groups excluding tert-OH is 1. The van der Waals surface area contributed by atoms with Crippen molar-refractivity contribution in [3.63, 3.8) is 0 Å². The fourth-order valence-corrected chi connectivity index (χ4v) is 3.02. The normalized spacial score (nSPS) is 30.6. The van der Waals surface area contributed by atoms with Crippen LogP contribution in [0.5, 0.6) is 0 Å². The molecule has 2 nitrogen and oxygen atoms in total. The Morgan fingerprint density at radius 3 is 2.44 bits per heavy atom. The molecule has 2 atom stereocenters. The SMILES string of the molecule is CC(C)CN(CCC1CCCC1O)C1CC1. The van der Waals surface area contributed by atoms with E-state index in [1.54, 1.807) is 0 Å². The summed E-state index contributed by atoms with van der Waals surface area (Å²) in [4.78, 5) is 2.66. The first-order chi connectivity index (χ1) is 7.66. The lowest BCUT2D eigenvalue weighted by atomic mass is 10.0. The summed E-state index contributed by atoms with van der Waals surface area (Å²) in [6.07, 6.45) is 7.55. The molecular weight excluding hydrogens is 198 g/mol. The van der Waals surface area contributed by atoms with Gasteiger partial charge in [0.15, 0.2) is 0 Å². The second kappa shape index (κ2) is 5.50. The van der Waals surface area contributed by atoms with Gasteiger partial charge in [-0.1, -0.05) is 20.3 Å². The quantitative estimate of drug-likeness (QED) is 0.751. The summed E-state index contributed by atoms with van der Waals surface area (Å²) in [7, 11) is 0. The first kappa shape index (κ1) is 12.4. The molecule has 0 aromatic heterocycles. The molecule has 94 valence electrons. The van der Waals surface area contributed by atoms with Crippen molar-refractivity contribution in [3.05, 3.63) is 0 Å². The van der Waals surface area contributed by atoms with Crippen LogP contribution in [-0.2, 0) is 0 Å². The van der Waals surface area contributed by atoms with Crippen LogP contribution in [0.1, 0.15) is 52.4 Å². The molecule has 0 aliphatic heterocycles. The molecule has 2 unspecified atom stereocenters. The van der Waals surface area contributed by atoms with E-state index in [9.17, 15) is 5.11 Å². The maximum Gasteiger partial charge on any atom is 0.0568 e. The van der Waals surface area contributed by atoms with E-state index in [0.29, 0.717) is 5.92 Å². The van der Waals surface area contributed by atoms with Crippen molar-refractivity contribution in [2.75, 3.05) is 13.1 Å². The van der Waals surface area contributed by atoms with E-state index in [2.05, 4.69) is 18.7 Å². The molecule has 16 heavy (non-hydrogen) atoms. The molecule has 2 saturated carbocycles. The highest BCUT2D eigenvalue weighted by Crippen LogP contribution is 2.31. The monoisotopic (exact) mass is 225 g/mol. The summed E-state index contributed by atoms with van der Waals surface area (Å²) in [6.45, 7) is 7.07. The van der Waals surface area contributed by atoms with Crippen LogP contribution in [0, 0.1) is 11.8 Å². The Morgan fingerprint density at radius 1 is 1.19 bits per heavy atom. The Hall–Kier alpha value is -0.0800. The first-order valence-electron chi connectivity index (χ1n) is 7.09. The van der Waals surface area contributed by atoms with E-state index < -0.39 is 0 Å². The maximum absolute atomic E-state index is 9.82. The van der Waals surface area contributed by atoms with E-state index >= 15 is 0 Å². The molecule has 2 heteroatoms. The number of aliphatic hydroxyl groups is 1. The third-order valence-corrected chi connectivity index (χ3v) is 4.07. The molecule has 2 aliphatic rings. The smallest absolute Gasteiger partial charge is 0.0568 e. The largest absolute Gasteiger partial charge is 0.393 e. The lowest BCUT2D eigenvalue weighted by Gasteiger charge is -2.26. The minimum absolute atomic E-state index is 0.0000954. The Labute approximate surface area is 100 Å². The summed E-state index contributed by atoms with van der Waals surface area (Å²) in [6, 6.07) is 0.876. The number of nitrogens with zero attached hydrogens (tertiary/aromatic N) is 1. The molecule has 0 radical (unpaired) electrons. The summed E-state index contributed by atoms with van der Waals surface area (Å²) in [5.74, 6) is 1.36. The summed E-state index contributed by atoms with van der Waals surface area (Å²) in [5.41, 5.74) is 0. The van der Waals surface area contributed by atoms with Crippen LogP contribution >= 0.6 is 0 Å². The van der Waals surface area contributed by atoms with Gasteiger partial charge in [0.1, 0.15) is 0 Å². The molecule has 2 fully saturated rings. The van der Waals surface area contributed by atoms with E-state index in [-0.39, 0.29) is 6.10 Å². The number of rotatable bonds is 6. The summed E-state index contributed by atoms with van der Waals surface area (Å²) in [5, 5.41) is 9.82. The summed E-state index contributed by atoms with van der Waals surface area (Å²) >= 11 is 0. The second-order valence-corrected chi connectivity index (χ2v) is 6.17. The van der Waals surface area contributed by atoms with Gasteiger partial charge in [0.25, 0.3) is 0 Å². The molecule has 1 N–H and O–H groups in total. The van der Waals surface area contributed by atoms with Crippen LogP contribution in [0.3, 0.4) is 0 Å². The van der Waals surface area contributed by atoms with Gasteiger partial charge in [0.05, 0.1) is 6.10 Å². The van der Waals surface area contributed by atoms with Gasteiger partial charge in [-0.2, -0.15) is 0 Å². The Balaban J connectivity index is 1.72. The molecule has 2 rings (SSSR count). The summed E-state index contributed by atoms with van der Waals surface area (Å²) < 4.78 is 0. The standard InChI is InChI=1S/C14H27NO/c1-11(2)10-15(13-6-7-13)9-8-12-4-3-5-14(12)16/h11-14,16H,3-10H2,1-2H3. The highest BCUT2D eigenvalue weighted by molar-refractivity contribution is 4.86. The van der Waals surface area contributed by atoms with Gasteiger partial charge in [-0.25, -0.2) is 0 Å². The lowest BCUT2D eigenvalue weighted by Crippen LogP contribution is -2.32. The van der Waals surface area contributed by atoms with Gasteiger partial charge in [-0.05, 0) is 50.5 Å². The van der Waals surface area contributed by atoms with Gasteiger partial charge in [0.2, 0.25) is 0 Å². The predicted octanol–water partition coefficient (Wildman–Crippen LogP) is 2.66. The fraction of sp³-hybridized carbons (Fsp3) is 1.00. The third kappa shape index (κ3) is 3.46. The van der Waals surface area contributed by atoms with E-state index in [1.165, 1.54) is 45.2 Å². The maximum atomic E-state index is 9.82. The molecule has 0 bridgehead atoms. The molecule has 2 aliphatic carbocycles. The minimum atomic E-state index is 0.0000954. The average Bonchev–Trinajstić information content (AvgIpc) is 2.98. The van der Waals surface area contributed by atoms with Crippen LogP contribution in [0.15, 0.2) is 0 Å². The second-order valence-electron chi connectivity index (χ2n) is 6.17. The molecule has 0 aromatic rings. The predicted molar refractivity (Wildman–Crippen MR) is 67.4 cm³/mol. The Morgan fingerprint density at radius 2 is 1.94 bits per heavy atom. The van der Waals surface area contributed by atoms with E-state index in [4.69, 9.17) is 0 Å². The van der Waals surface area contributed by atoms with Gasteiger partial charge in [-0.15, -0.1) is 0 Å². The van der Waals surface area contributed by atoms with Gasteiger partial charge in [0, 0.05) is 12.6 Å². The highest BCUT2D eigenvalue weighted by atomic mass is 16.3. The zero-order valence-corrected chi connectivity index (χ0v) is 10.9. The first-order valence-corrected chi connectivity index (χ1v) is 7.09. The molecule has 0 aromatic carbocycles. The molecule has 0 saturated heterocycles. The van der Waals surface area contributed by atoms with Crippen molar-refractivity contribution in [3.8, 4) is 0 Å². The van der Waals surface area contributed by atoms with Gasteiger partial charge < -0.3 is 10.0 Å². The van der Waals surface area contributed by atoms with Crippen LogP contribution in [0.25, 0.3) is 0 Å². The van der Waals surface area contributed by atoms with Gasteiger partial charge >= 0.3 is 0 Å².